The Labute approximate surface area is 119 Å². The second-order valence-electron chi connectivity index (χ2n) is 5.73. The number of anilines is 2. The first-order valence-electron chi connectivity index (χ1n) is 7.20. The van der Waals surface area contributed by atoms with Gasteiger partial charge in [-0.2, -0.15) is 0 Å². The highest BCUT2D eigenvalue weighted by atomic mass is 15.0. The highest BCUT2D eigenvalue weighted by Gasteiger charge is 2.37. The molecule has 100 valence electrons. The molecule has 2 aromatic rings. The molecule has 0 amide bonds. The van der Waals surface area contributed by atoms with Crippen molar-refractivity contribution in [3.8, 4) is 0 Å². The van der Waals surface area contributed by atoms with Gasteiger partial charge in [0.25, 0.3) is 0 Å². The third kappa shape index (κ3) is 1.72. The molecule has 2 aromatic carbocycles. The summed E-state index contributed by atoms with van der Waals surface area (Å²) in [6.45, 7) is 0. The minimum absolute atomic E-state index is 0.366. The molecule has 2 heteroatoms. The lowest BCUT2D eigenvalue weighted by molar-refractivity contribution is 0.425. The minimum atomic E-state index is 0.366. The minimum Gasteiger partial charge on any atom is -0.399 e. The number of fused-ring (bicyclic) bond motifs is 3. The van der Waals surface area contributed by atoms with Crippen molar-refractivity contribution in [1.29, 1.82) is 0 Å². The Morgan fingerprint density at radius 3 is 2.65 bits per heavy atom. The second-order valence-corrected chi connectivity index (χ2v) is 5.73. The van der Waals surface area contributed by atoms with Crippen LogP contribution in [-0.4, -0.2) is 0 Å². The van der Waals surface area contributed by atoms with Crippen molar-refractivity contribution in [3.63, 3.8) is 0 Å². The van der Waals surface area contributed by atoms with E-state index in [0.29, 0.717) is 17.9 Å². The highest BCUT2D eigenvalue weighted by Crippen LogP contribution is 2.49. The summed E-state index contributed by atoms with van der Waals surface area (Å²) in [5.41, 5.74) is 10.7. The maximum atomic E-state index is 5.81. The number of nitrogens with two attached hydrogens (primary N) is 1. The summed E-state index contributed by atoms with van der Waals surface area (Å²) in [6, 6.07) is 17.3. The molecule has 0 unspecified atom stereocenters. The summed E-state index contributed by atoms with van der Waals surface area (Å²) in [5, 5.41) is 3.72. The number of nitrogens with one attached hydrogen (secondary N) is 1. The molecule has 3 N–H and O–H groups in total. The summed E-state index contributed by atoms with van der Waals surface area (Å²) >= 11 is 0. The average Bonchev–Trinajstić information content (AvgIpc) is 2.97. The van der Waals surface area contributed by atoms with E-state index in [9.17, 15) is 0 Å². The first kappa shape index (κ1) is 11.6. The van der Waals surface area contributed by atoms with Gasteiger partial charge in [-0.15, -0.1) is 0 Å². The van der Waals surface area contributed by atoms with E-state index in [1.165, 1.54) is 16.8 Å². The Morgan fingerprint density at radius 2 is 1.80 bits per heavy atom. The van der Waals surface area contributed by atoms with Gasteiger partial charge < -0.3 is 11.1 Å². The molecule has 1 aliphatic carbocycles. The molecule has 0 saturated carbocycles. The smallest absolute Gasteiger partial charge is 0.0553 e. The van der Waals surface area contributed by atoms with Gasteiger partial charge in [-0.05, 0) is 41.7 Å². The van der Waals surface area contributed by atoms with Crippen LogP contribution in [0, 0.1) is 5.92 Å². The Morgan fingerprint density at radius 1 is 1.00 bits per heavy atom. The number of hydrogen-bond acceptors (Lipinski definition) is 2. The maximum Gasteiger partial charge on any atom is 0.0553 e. The van der Waals surface area contributed by atoms with E-state index in [1.54, 1.807) is 0 Å². The number of hydrogen-bond donors (Lipinski definition) is 2. The molecule has 20 heavy (non-hydrogen) atoms. The van der Waals surface area contributed by atoms with Gasteiger partial charge in [0.15, 0.2) is 0 Å². The first-order valence-corrected chi connectivity index (χ1v) is 7.20. The molecule has 0 radical (unpaired) electrons. The predicted molar refractivity (Wildman–Crippen MR) is 83.6 cm³/mol. The Balaban J connectivity index is 1.77. The van der Waals surface area contributed by atoms with Crippen molar-refractivity contribution in [1.82, 2.24) is 0 Å². The second kappa shape index (κ2) is 4.41. The summed E-state index contributed by atoms with van der Waals surface area (Å²) in [7, 11) is 0. The van der Waals surface area contributed by atoms with Gasteiger partial charge in [-0.3, -0.25) is 0 Å². The molecule has 3 atom stereocenters. The van der Waals surface area contributed by atoms with E-state index in [0.717, 1.165) is 12.1 Å². The fraction of sp³-hybridized carbons (Fsp3) is 0.222. The van der Waals surface area contributed by atoms with Crippen LogP contribution in [-0.2, 0) is 0 Å². The number of nitrogen functional groups attached to an aromatic ring is 1. The molecule has 1 heterocycles. The van der Waals surface area contributed by atoms with E-state index in [1.807, 2.05) is 12.1 Å². The van der Waals surface area contributed by atoms with Crippen LogP contribution in [0.25, 0.3) is 0 Å². The summed E-state index contributed by atoms with van der Waals surface area (Å²) < 4.78 is 0. The SMILES string of the molecule is Nc1ccc([C@@H]2Nc3ccccc3[C@H]3C=CC[C@H]32)cc1. The molecule has 0 spiro atoms. The van der Waals surface area contributed by atoms with Crippen LogP contribution in [0.1, 0.15) is 29.5 Å². The van der Waals surface area contributed by atoms with E-state index in [2.05, 4.69) is 53.9 Å². The summed E-state index contributed by atoms with van der Waals surface area (Å²) in [6.07, 6.45) is 5.83. The average molecular weight is 262 g/mol. The predicted octanol–water partition coefficient (Wildman–Crippen LogP) is 4.10. The molecule has 2 aliphatic rings. The van der Waals surface area contributed by atoms with Crippen LogP contribution in [0.5, 0.6) is 0 Å². The third-order valence-electron chi connectivity index (χ3n) is 4.57. The Kier molecular flexibility index (Phi) is 2.56. The Hall–Kier alpha value is -2.22. The van der Waals surface area contributed by atoms with Crippen molar-refractivity contribution < 1.29 is 0 Å². The fourth-order valence-corrected chi connectivity index (χ4v) is 3.58. The largest absolute Gasteiger partial charge is 0.399 e. The zero-order chi connectivity index (χ0) is 13.5. The van der Waals surface area contributed by atoms with Crippen LogP contribution in [0.15, 0.2) is 60.7 Å². The molecule has 4 rings (SSSR count). The number of benzene rings is 2. The van der Waals surface area contributed by atoms with Gasteiger partial charge in [-0.25, -0.2) is 0 Å². The van der Waals surface area contributed by atoms with Crippen molar-refractivity contribution in [3.05, 3.63) is 71.8 Å². The van der Waals surface area contributed by atoms with Gasteiger partial charge in [0.1, 0.15) is 0 Å². The van der Waals surface area contributed by atoms with Crippen molar-refractivity contribution in [2.75, 3.05) is 11.1 Å². The van der Waals surface area contributed by atoms with E-state index in [4.69, 9.17) is 5.73 Å². The molecular formula is C18H18N2. The van der Waals surface area contributed by atoms with Crippen molar-refractivity contribution >= 4 is 11.4 Å². The van der Waals surface area contributed by atoms with Gasteiger partial charge in [0, 0.05) is 17.3 Å². The molecule has 0 bridgehead atoms. The molecular weight excluding hydrogens is 244 g/mol. The monoisotopic (exact) mass is 262 g/mol. The molecule has 0 fully saturated rings. The van der Waals surface area contributed by atoms with Crippen LogP contribution in [0.3, 0.4) is 0 Å². The van der Waals surface area contributed by atoms with Crippen LogP contribution in [0.2, 0.25) is 0 Å². The zero-order valence-electron chi connectivity index (χ0n) is 11.3. The lowest BCUT2D eigenvalue weighted by Gasteiger charge is -2.37. The van der Waals surface area contributed by atoms with Crippen LogP contribution < -0.4 is 11.1 Å². The highest BCUT2D eigenvalue weighted by molar-refractivity contribution is 5.59. The molecule has 2 nitrogen and oxygen atoms in total. The lowest BCUT2D eigenvalue weighted by atomic mass is 9.77. The van der Waals surface area contributed by atoms with Crippen LogP contribution >= 0.6 is 0 Å². The molecule has 1 aliphatic heterocycles. The quantitative estimate of drug-likeness (QED) is 0.600. The van der Waals surface area contributed by atoms with E-state index in [-0.39, 0.29) is 0 Å². The Bertz CT molecular complexity index is 657. The van der Waals surface area contributed by atoms with Crippen molar-refractivity contribution in [2.24, 2.45) is 5.92 Å². The van der Waals surface area contributed by atoms with E-state index < -0.39 is 0 Å². The number of rotatable bonds is 1. The van der Waals surface area contributed by atoms with Crippen LogP contribution in [0.4, 0.5) is 11.4 Å². The fourth-order valence-electron chi connectivity index (χ4n) is 3.58. The van der Waals surface area contributed by atoms with Gasteiger partial charge in [-0.1, -0.05) is 42.5 Å². The van der Waals surface area contributed by atoms with E-state index >= 15 is 0 Å². The number of allylic oxidation sites excluding steroid dienone is 2. The normalized spacial score (nSPS) is 26.7. The molecule has 0 aromatic heterocycles. The van der Waals surface area contributed by atoms with Crippen molar-refractivity contribution in [2.45, 2.75) is 18.4 Å². The standard InChI is InChI=1S/C18H18N2/c19-13-10-8-12(9-11-13)18-16-6-3-5-14(16)15-4-1-2-7-17(15)20-18/h1-5,7-11,14,16,18,20H,6,19H2/t14-,16-,18+/m1/s1. The van der Waals surface area contributed by atoms with Gasteiger partial charge in [0.2, 0.25) is 0 Å². The van der Waals surface area contributed by atoms with Gasteiger partial charge >= 0.3 is 0 Å². The molecule has 0 saturated heterocycles. The maximum absolute atomic E-state index is 5.81. The topological polar surface area (TPSA) is 38.0 Å². The third-order valence-corrected chi connectivity index (χ3v) is 4.57. The number of para-hydroxylation sites is 1. The zero-order valence-corrected chi connectivity index (χ0v) is 11.3. The van der Waals surface area contributed by atoms with Gasteiger partial charge in [0.05, 0.1) is 6.04 Å². The first-order chi connectivity index (χ1) is 9.83. The lowest BCUT2D eigenvalue weighted by Crippen LogP contribution is -2.28. The summed E-state index contributed by atoms with van der Waals surface area (Å²) in [4.78, 5) is 0. The summed E-state index contributed by atoms with van der Waals surface area (Å²) in [5.74, 6) is 1.14.